The number of anilines is 2. The Bertz CT molecular complexity index is 1240. The summed E-state index contributed by atoms with van der Waals surface area (Å²) in [6.07, 6.45) is 0.622. The van der Waals surface area contributed by atoms with Crippen molar-refractivity contribution >= 4 is 27.4 Å². The lowest BCUT2D eigenvalue weighted by Gasteiger charge is -2.28. The first-order chi connectivity index (χ1) is 15.3. The van der Waals surface area contributed by atoms with E-state index in [0.29, 0.717) is 35.0 Å². The molecule has 3 aromatic rings. The highest BCUT2D eigenvalue weighted by atomic mass is 32.2. The predicted molar refractivity (Wildman–Crippen MR) is 125 cm³/mol. The third kappa shape index (κ3) is 4.76. The molecule has 8 heteroatoms. The number of benzene rings is 3. The van der Waals surface area contributed by atoms with Gasteiger partial charge in [0.2, 0.25) is 10.0 Å². The third-order valence-corrected chi connectivity index (χ3v) is 7.29. The van der Waals surface area contributed by atoms with Gasteiger partial charge in [0.25, 0.3) is 0 Å². The van der Waals surface area contributed by atoms with Gasteiger partial charge in [0, 0.05) is 30.5 Å². The van der Waals surface area contributed by atoms with Gasteiger partial charge in [-0.15, -0.1) is 0 Å². The average Bonchev–Trinajstić information content (AvgIpc) is 2.79. The number of amides is 2. The number of ether oxygens (including phenoxy) is 1. The summed E-state index contributed by atoms with van der Waals surface area (Å²) in [6.45, 7) is 2.61. The number of methoxy groups -OCH3 is 1. The fraction of sp³-hybridized carbons (Fsp3) is 0.208. The Balaban J connectivity index is 1.47. The first kappa shape index (κ1) is 21.9. The zero-order valence-electron chi connectivity index (χ0n) is 18.0. The largest absolute Gasteiger partial charge is 0.497 e. The number of urea groups is 1. The van der Waals surface area contributed by atoms with Crippen molar-refractivity contribution < 1.29 is 17.9 Å². The van der Waals surface area contributed by atoms with Crippen molar-refractivity contribution in [2.24, 2.45) is 0 Å². The van der Waals surface area contributed by atoms with E-state index in [1.807, 2.05) is 25.1 Å². The summed E-state index contributed by atoms with van der Waals surface area (Å²) in [4.78, 5) is 12.7. The van der Waals surface area contributed by atoms with Gasteiger partial charge in [-0.1, -0.05) is 29.8 Å². The van der Waals surface area contributed by atoms with E-state index < -0.39 is 16.1 Å². The lowest BCUT2D eigenvalue weighted by atomic mass is 10.0. The van der Waals surface area contributed by atoms with Gasteiger partial charge >= 0.3 is 6.03 Å². The topological polar surface area (TPSA) is 87.7 Å². The van der Waals surface area contributed by atoms with Crippen LogP contribution in [0.25, 0.3) is 0 Å². The zero-order chi connectivity index (χ0) is 22.7. The summed E-state index contributed by atoms with van der Waals surface area (Å²) in [5.41, 5.74) is 4.18. The Hall–Kier alpha value is -3.36. The number of aryl methyl sites for hydroxylation is 1. The average molecular weight is 452 g/mol. The molecule has 0 radical (unpaired) electrons. The first-order valence-electron chi connectivity index (χ1n) is 10.3. The second-order valence-electron chi connectivity index (χ2n) is 7.70. The molecule has 7 nitrogen and oxygen atoms in total. The molecule has 0 fully saturated rings. The molecular formula is C24H25N3O4S. The minimum Gasteiger partial charge on any atom is -0.497 e. The van der Waals surface area contributed by atoms with E-state index in [9.17, 15) is 13.2 Å². The summed E-state index contributed by atoms with van der Waals surface area (Å²) in [5, 5.41) is 5.58. The Morgan fingerprint density at radius 1 is 0.938 bits per heavy atom. The summed E-state index contributed by atoms with van der Waals surface area (Å²) < 4.78 is 32.8. The number of hydrogen-bond donors (Lipinski definition) is 2. The Morgan fingerprint density at radius 3 is 2.38 bits per heavy atom. The molecule has 0 unspecified atom stereocenters. The van der Waals surface area contributed by atoms with E-state index in [2.05, 4.69) is 10.6 Å². The Morgan fingerprint density at radius 2 is 1.66 bits per heavy atom. The molecule has 2 amide bonds. The van der Waals surface area contributed by atoms with Crippen molar-refractivity contribution in [1.82, 2.24) is 4.31 Å². The molecule has 1 aliphatic rings. The fourth-order valence-corrected chi connectivity index (χ4v) is 5.09. The van der Waals surface area contributed by atoms with Crippen LogP contribution < -0.4 is 15.4 Å². The van der Waals surface area contributed by atoms with Crippen LogP contribution in [0.5, 0.6) is 5.75 Å². The van der Waals surface area contributed by atoms with Gasteiger partial charge in [-0.2, -0.15) is 4.31 Å². The van der Waals surface area contributed by atoms with Crippen molar-refractivity contribution in [3.05, 3.63) is 83.4 Å². The van der Waals surface area contributed by atoms with E-state index >= 15 is 0 Å². The van der Waals surface area contributed by atoms with Gasteiger partial charge in [0.05, 0.1) is 12.0 Å². The molecule has 2 N–H and O–H groups in total. The van der Waals surface area contributed by atoms with E-state index in [0.717, 1.165) is 16.7 Å². The molecular weight excluding hydrogens is 426 g/mol. The molecule has 4 rings (SSSR count). The highest BCUT2D eigenvalue weighted by molar-refractivity contribution is 7.89. The van der Waals surface area contributed by atoms with Crippen LogP contribution in [0.4, 0.5) is 16.2 Å². The standard InChI is InChI=1S/C24H25N3O4S/c1-17-6-10-23(11-7-17)32(29,30)27-13-12-18-8-9-21(14-19(18)16-27)26-24(28)25-20-4-3-5-22(15-20)31-2/h3-11,14-15H,12-13,16H2,1-2H3,(H2,25,26,28). The van der Waals surface area contributed by atoms with E-state index in [-0.39, 0.29) is 6.54 Å². The van der Waals surface area contributed by atoms with Crippen LogP contribution in [-0.2, 0) is 23.0 Å². The second kappa shape index (κ2) is 9.02. The summed E-state index contributed by atoms with van der Waals surface area (Å²) in [7, 11) is -2.02. The second-order valence-corrected chi connectivity index (χ2v) is 9.63. The number of carbonyl (C=O) groups is 1. The van der Waals surface area contributed by atoms with Crippen molar-refractivity contribution in [3.8, 4) is 5.75 Å². The molecule has 1 heterocycles. The van der Waals surface area contributed by atoms with Crippen LogP contribution in [0, 0.1) is 6.92 Å². The van der Waals surface area contributed by atoms with Crippen LogP contribution in [0.2, 0.25) is 0 Å². The third-order valence-electron chi connectivity index (χ3n) is 5.43. The lowest BCUT2D eigenvalue weighted by molar-refractivity contribution is 0.262. The molecule has 166 valence electrons. The van der Waals surface area contributed by atoms with Crippen molar-refractivity contribution in [2.75, 3.05) is 24.3 Å². The zero-order valence-corrected chi connectivity index (χ0v) is 18.8. The molecule has 0 saturated carbocycles. The minimum absolute atomic E-state index is 0.262. The quantitative estimate of drug-likeness (QED) is 0.602. The molecule has 3 aromatic carbocycles. The molecule has 0 aliphatic carbocycles. The van der Waals surface area contributed by atoms with Crippen LogP contribution in [-0.4, -0.2) is 32.4 Å². The Kier molecular flexibility index (Phi) is 6.16. The number of fused-ring (bicyclic) bond motifs is 1. The first-order valence-corrected chi connectivity index (χ1v) is 11.7. The van der Waals surface area contributed by atoms with Gasteiger partial charge in [0.15, 0.2) is 0 Å². The highest BCUT2D eigenvalue weighted by Crippen LogP contribution is 2.27. The van der Waals surface area contributed by atoms with Crippen LogP contribution in [0.15, 0.2) is 71.6 Å². The number of nitrogens with one attached hydrogen (secondary N) is 2. The lowest BCUT2D eigenvalue weighted by Crippen LogP contribution is -2.36. The van der Waals surface area contributed by atoms with E-state index in [1.54, 1.807) is 55.6 Å². The highest BCUT2D eigenvalue weighted by Gasteiger charge is 2.28. The van der Waals surface area contributed by atoms with Gasteiger partial charge in [0.1, 0.15) is 5.75 Å². The molecule has 0 atom stereocenters. The van der Waals surface area contributed by atoms with Crippen molar-refractivity contribution in [1.29, 1.82) is 0 Å². The molecule has 0 saturated heterocycles. The van der Waals surface area contributed by atoms with Gasteiger partial charge in [-0.3, -0.25) is 0 Å². The maximum Gasteiger partial charge on any atom is 0.323 e. The summed E-state index contributed by atoms with van der Waals surface area (Å²) >= 11 is 0. The van der Waals surface area contributed by atoms with Crippen molar-refractivity contribution in [2.45, 2.75) is 24.8 Å². The van der Waals surface area contributed by atoms with E-state index in [4.69, 9.17) is 4.74 Å². The molecule has 32 heavy (non-hydrogen) atoms. The number of hydrogen-bond acceptors (Lipinski definition) is 4. The SMILES string of the molecule is COc1cccc(NC(=O)Nc2ccc3c(c2)CN(S(=O)(=O)c2ccc(C)cc2)CC3)c1. The van der Waals surface area contributed by atoms with Gasteiger partial charge in [-0.05, 0) is 60.9 Å². The molecule has 0 spiro atoms. The van der Waals surface area contributed by atoms with Crippen LogP contribution in [0.3, 0.4) is 0 Å². The number of sulfonamides is 1. The maximum absolute atomic E-state index is 13.1. The smallest absolute Gasteiger partial charge is 0.323 e. The van der Waals surface area contributed by atoms with Crippen LogP contribution in [0.1, 0.15) is 16.7 Å². The molecule has 0 aromatic heterocycles. The van der Waals surface area contributed by atoms with Crippen molar-refractivity contribution in [3.63, 3.8) is 0 Å². The normalized spacial score (nSPS) is 13.8. The minimum atomic E-state index is -3.58. The van der Waals surface area contributed by atoms with Gasteiger partial charge in [-0.25, -0.2) is 13.2 Å². The molecule has 0 bridgehead atoms. The Labute approximate surface area is 188 Å². The monoisotopic (exact) mass is 451 g/mol. The fourth-order valence-electron chi connectivity index (χ4n) is 3.67. The number of rotatable bonds is 5. The van der Waals surface area contributed by atoms with Gasteiger partial charge < -0.3 is 15.4 Å². The molecule has 1 aliphatic heterocycles. The number of nitrogens with zero attached hydrogens (tertiary/aromatic N) is 1. The number of carbonyl (C=O) groups excluding carboxylic acids is 1. The van der Waals surface area contributed by atoms with Crippen LogP contribution >= 0.6 is 0 Å². The predicted octanol–water partition coefficient (Wildman–Crippen LogP) is 4.39. The van der Waals surface area contributed by atoms with E-state index in [1.165, 1.54) is 4.31 Å². The summed E-state index contributed by atoms with van der Waals surface area (Å²) in [6, 6.07) is 19.2. The summed E-state index contributed by atoms with van der Waals surface area (Å²) in [5.74, 6) is 0.645. The maximum atomic E-state index is 13.1.